The monoisotopic (exact) mass is 202 g/mol. The van der Waals surface area contributed by atoms with E-state index in [0.717, 1.165) is 18.8 Å². The van der Waals surface area contributed by atoms with E-state index in [1.165, 1.54) is 12.1 Å². The van der Waals surface area contributed by atoms with Crippen LogP contribution < -0.4 is 4.90 Å². The largest absolute Gasteiger partial charge is 0.451 e. The molecule has 15 heavy (non-hydrogen) atoms. The summed E-state index contributed by atoms with van der Waals surface area (Å²) in [5.41, 5.74) is 2.17. The zero-order valence-corrected chi connectivity index (χ0v) is 8.76. The highest BCUT2D eigenvalue weighted by atomic mass is 16.3. The van der Waals surface area contributed by atoms with Gasteiger partial charge in [-0.25, -0.2) is 4.98 Å². The van der Waals surface area contributed by atoms with Crippen LogP contribution in [-0.2, 0) is 6.54 Å². The molecule has 0 radical (unpaired) electrons. The van der Waals surface area contributed by atoms with Crippen LogP contribution in [0.2, 0.25) is 0 Å². The van der Waals surface area contributed by atoms with E-state index in [-0.39, 0.29) is 0 Å². The van der Waals surface area contributed by atoms with Crippen molar-refractivity contribution in [2.24, 2.45) is 0 Å². The van der Waals surface area contributed by atoms with Gasteiger partial charge in [-0.15, -0.1) is 0 Å². The van der Waals surface area contributed by atoms with E-state index in [4.69, 9.17) is 4.42 Å². The summed E-state index contributed by atoms with van der Waals surface area (Å²) in [4.78, 5) is 6.37. The SMILES string of the molecule is CCN(Cc1cocn1)c1ccccc1. The third kappa shape index (κ3) is 2.37. The van der Waals surface area contributed by atoms with E-state index in [2.05, 4.69) is 28.9 Å². The van der Waals surface area contributed by atoms with Crippen LogP contribution in [0.5, 0.6) is 0 Å². The molecule has 0 fully saturated rings. The summed E-state index contributed by atoms with van der Waals surface area (Å²) in [7, 11) is 0. The smallest absolute Gasteiger partial charge is 0.180 e. The summed E-state index contributed by atoms with van der Waals surface area (Å²) in [6.07, 6.45) is 3.15. The molecule has 2 aromatic rings. The third-order valence-corrected chi connectivity index (χ3v) is 2.34. The number of aromatic nitrogens is 1. The van der Waals surface area contributed by atoms with Gasteiger partial charge in [-0.2, -0.15) is 0 Å². The second kappa shape index (κ2) is 4.64. The summed E-state index contributed by atoms with van der Waals surface area (Å²) in [5, 5.41) is 0. The fourth-order valence-corrected chi connectivity index (χ4v) is 1.54. The van der Waals surface area contributed by atoms with Crippen molar-refractivity contribution in [1.82, 2.24) is 4.98 Å². The summed E-state index contributed by atoms with van der Waals surface area (Å²) in [6.45, 7) is 3.88. The highest BCUT2D eigenvalue weighted by Gasteiger charge is 2.05. The maximum Gasteiger partial charge on any atom is 0.180 e. The molecular weight excluding hydrogens is 188 g/mol. The molecule has 1 heterocycles. The van der Waals surface area contributed by atoms with Crippen molar-refractivity contribution >= 4 is 5.69 Å². The van der Waals surface area contributed by atoms with Gasteiger partial charge in [0.25, 0.3) is 0 Å². The van der Waals surface area contributed by atoms with Crippen molar-refractivity contribution in [2.45, 2.75) is 13.5 Å². The second-order valence-electron chi connectivity index (χ2n) is 3.33. The molecule has 2 rings (SSSR count). The van der Waals surface area contributed by atoms with Crippen LogP contribution in [0.25, 0.3) is 0 Å². The lowest BCUT2D eigenvalue weighted by Gasteiger charge is -2.21. The van der Waals surface area contributed by atoms with E-state index in [0.29, 0.717) is 0 Å². The minimum absolute atomic E-state index is 0.789. The number of para-hydroxylation sites is 1. The average molecular weight is 202 g/mol. The summed E-state index contributed by atoms with van der Waals surface area (Å²) < 4.78 is 4.96. The number of hydrogen-bond acceptors (Lipinski definition) is 3. The molecular formula is C12H14N2O. The summed E-state index contributed by atoms with van der Waals surface area (Å²) in [5.74, 6) is 0. The molecule has 0 amide bonds. The van der Waals surface area contributed by atoms with Gasteiger partial charge in [0.1, 0.15) is 6.26 Å². The molecule has 0 aliphatic carbocycles. The van der Waals surface area contributed by atoms with Gasteiger partial charge < -0.3 is 9.32 Å². The molecule has 3 heteroatoms. The fourth-order valence-electron chi connectivity index (χ4n) is 1.54. The molecule has 0 N–H and O–H groups in total. The van der Waals surface area contributed by atoms with Gasteiger partial charge in [0, 0.05) is 12.2 Å². The molecule has 78 valence electrons. The maximum atomic E-state index is 4.96. The molecule has 0 saturated carbocycles. The van der Waals surface area contributed by atoms with Gasteiger partial charge in [-0.1, -0.05) is 18.2 Å². The van der Waals surface area contributed by atoms with Crippen LogP contribution in [0.1, 0.15) is 12.6 Å². The fraction of sp³-hybridized carbons (Fsp3) is 0.250. The normalized spacial score (nSPS) is 10.2. The van der Waals surface area contributed by atoms with Crippen molar-refractivity contribution < 1.29 is 4.42 Å². The number of rotatable bonds is 4. The van der Waals surface area contributed by atoms with Crippen molar-refractivity contribution in [2.75, 3.05) is 11.4 Å². The Kier molecular flexibility index (Phi) is 3.02. The van der Waals surface area contributed by atoms with E-state index < -0.39 is 0 Å². The van der Waals surface area contributed by atoms with Gasteiger partial charge in [0.15, 0.2) is 6.39 Å². The molecule has 1 aromatic heterocycles. The zero-order chi connectivity index (χ0) is 10.5. The molecule has 0 aliphatic rings. The molecule has 0 saturated heterocycles. The molecule has 3 nitrogen and oxygen atoms in total. The Labute approximate surface area is 89.4 Å². The van der Waals surface area contributed by atoms with Gasteiger partial charge in [-0.05, 0) is 19.1 Å². The van der Waals surface area contributed by atoms with Crippen LogP contribution in [0, 0.1) is 0 Å². The molecule has 0 spiro atoms. The topological polar surface area (TPSA) is 29.3 Å². The lowest BCUT2D eigenvalue weighted by Crippen LogP contribution is -2.21. The average Bonchev–Trinajstić information content (AvgIpc) is 2.80. The predicted octanol–water partition coefficient (Wildman–Crippen LogP) is 2.70. The van der Waals surface area contributed by atoms with Gasteiger partial charge in [0.2, 0.25) is 0 Å². The van der Waals surface area contributed by atoms with Crippen molar-refractivity contribution in [3.63, 3.8) is 0 Å². The maximum absolute atomic E-state index is 4.96. The van der Waals surface area contributed by atoms with Crippen LogP contribution in [0.15, 0.2) is 47.4 Å². The first kappa shape index (κ1) is 9.77. The first-order valence-corrected chi connectivity index (χ1v) is 5.07. The highest BCUT2D eigenvalue weighted by Crippen LogP contribution is 2.15. The molecule has 0 aliphatic heterocycles. The molecule has 0 atom stereocenters. The number of benzene rings is 1. The first-order valence-electron chi connectivity index (χ1n) is 5.07. The van der Waals surface area contributed by atoms with Crippen molar-refractivity contribution in [1.29, 1.82) is 0 Å². The highest BCUT2D eigenvalue weighted by molar-refractivity contribution is 5.45. The first-order chi connectivity index (χ1) is 7.40. The Morgan fingerprint density at radius 2 is 2.07 bits per heavy atom. The van der Waals surface area contributed by atoms with Crippen molar-refractivity contribution in [3.05, 3.63) is 48.7 Å². The van der Waals surface area contributed by atoms with E-state index in [1.807, 2.05) is 18.2 Å². The number of anilines is 1. The predicted molar refractivity (Wildman–Crippen MR) is 59.7 cm³/mol. The summed E-state index contributed by atoms with van der Waals surface area (Å²) in [6, 6.07) is 10.3. The Bertz CT molecular complexity index is 383. The number of nitrogens with zero attached hydrogens (tertiary/aromatic N) is 2. The third-order valence-electron chi connectivity index (χ3n) is 2.34. The zero-order valence-electron chi connectivity index (χ0n) is 8.76. The number of oxazole rings is 1. The van der Waals surface area contributed by atoms with Crippen molar-refractivity contribution in [3.8, 4) is 0 Å². The standard InChI is InChI=1S/C12H14N2O/c1-2-14(8-11-9-15-10-13-11)12-6-4-3-5-7-12/h3-7,9-10H,2,8H2,1H3. The Morgan fingerprint density at radius 1 is 1.27 bits per heavy atom. The molecule has 1 aromatic carbocycles. The molecule has 0 bridgehead atoms. The minimum Gasteiger partial charge on any atom is -0.451 e. The van der Waals surface area contributed by atoms with E-state index in [9.17, 15) is 0 Å². The van der Waals surface area contributed by atoms with Crippen LogP contribution in [-0.4, -0.2) is 11.5 Å². The quantitative estimate of drug-likeness (QED) is 0.763. The lowest BCUT2D eigenvalue weighted by atomic mass is 10.2. The molecule has 0 unspecified atom stereocenters. The van der Waals surface area contributed by atoms with E-state index >= 15 is 0 Å². The lowest BCUT2D eigenvalue weighted by molar-refractivity contribution is 0.556. The number of hydrogen-bond donors (Lipinski definition) is 0. The Balaban J connectivity index is 2.12. The van der Waals surface area contributed by atoms with E-state index in [1.54, 1.807) is 6.26 Å². The Hall–Kier alpha value is -1.77. The Morgan fingerprint density at radius 3 is 2.67 bits per heavy atom. The van der Waals surface area contributed by atoms with Gasteiger partial charge in [0.05, 0.1) is 12.2 Å². The van der Waals surface area contributed by atoms with Gasteiger partial charge in [-0.3, -0.25) is 0 Å². The second-order valence-corrected chi connectivity index (χ2v) is 3.33. The van der Waals surface area contributed by atoms with Crippen LogP contribution in [0.3, 0.4) is 0 Å². The van der Waals surface area contributed by atoms with Crippen LogP contribution >= 0.6 is 0 Å². The minimum atomic E-state index is 0.789. The summed E-state index contributed by atoms with van der Waals surface area (Å²) >= 11 is 0. The van der Waals surface area contributed by atoms with Gasteiger partial charge >= 0.3 is 0 Å². The van der Waals surface area contributed by atoms with Crippen LogP contribution in [0.4, 0.5) is 5.69 Å².